The number of aromatic nitrogens is 1. The number of piperidine rings is 1. The van der Waals surface area contributed by atoms with Gasteiger partial charge >= 0.3 is 6.03 Å². The fourth-order valence-electron chi connectivity index (χ4n) is 5.12. The first kappa shape index (κ1) is 19.9. The van der Waals surface area contributed by atoms with Gasteiger partial charge in [-0.3, -0.25) is 4.79 Å². The molecule has 0 saturated carbocycles. The van der Waals surface area contributed by atoms with E-state index in [1.807, 2.05) is 23.6 Å². The van der Waals surface area contributed by atoms with E-state index in [1.165, 1.54) is 0 Å². The average molecular weight is 402 g/mol. The summed E-state index contributed by atoms with van der Waals surface area (Å²) in [7, 11) is 0. The predicted octanol–water partition coefficient (Wildman–Crippen LogP) is 2.05. The quantitative estimate of drug-likeness (QED) is 0.833. The molecule has 1 N–H and O–H groups in total. The number of urea groups is 1. The Balaban J connectivity index is 1.50. The van der Waals surface area contributed by atoms with Gasteiger partial charge in [0.05, 0.1) is 25.4 Å². The number of nitrogens with zero attached hydrogens (tertiary/aromatic N) is 3. The number of amides is 3. The van der Waals surface area contributed by atoms with Crippen molar-refractivity contribution in [1.82, 2.24) is 20.1 Å². The summed E-state index contributed by atoms with van der Waals surface area (Å²) in [5.41, 5.74) is 0.116. The Kier molecular flexibility index (Phi) is 5.63. The molecule has 3 atom stereocenters. The van der Waals surface area contributed by atoms with Crippen molar-refractivity contribution in [1.29, 1.82) is 0 Å². The summed E-state index contributed by atoms with van der Waals surface area (Å²) in [6.45, 7) is 6.52. The highest BCUT2D eigenvalue weighted by molar-refractivity contribution is 5.96. The Hall–Kier alpha value is -2.35. The summed E-state index contributed by atoms with van der Waals surface area (Å²) >= 11 is 0. The van der Waals surface area contributed by atoms with Gasteiger partial charge in [-0.15, -0.1) is 0 Å². The van der Waals surface area contributed by atoms with Gasteiger partial charge in [-0.1, -0.05) is 0 Å². The summed E-state index contributed by atoms with van der Waals surface area (Å²) in [6, 6.07) is 3.90. The van der Waals surface area contributed by atoms with E-state index in [1.54, 1.807) is 18.3 Å². The van der Waals surface area contributed by atoms with Crippen LogP contribution in [0.5, 0.6) is 5.88 Å². The maximum absolute atomic E-state index is 13.2. The van der Waals surface area contributed by atoms with Crippen LogP contribution in [-0.4, -0.2) is 77.3 Å². The number of carbonyl (C=O) groups excluding carboxylic acids is 2. The van der Waals surface area contributed by atoms with E-state index in [0.717, 1.165) is 25.7 Å². The van der Waals surface area contributed by atoms with E-state index in [0.29, 0.717) is 44.3 Å². The first-order valence-electron chi connectivity index (χ1n) is 10.6. The van der Waals surface area contributed by atoms with E-state index in [4.69, 9.17) is 9.47 Å². The molecule has 0 aromatic carbocycles. The molecule has 3 amide bonds. The molecule has 0 radical (unpaired) electrons. The van der Waals surface area contributed by atoms with Gasteiger partial charge in [0.15, 0.2) is 0 Å². The molecule has 8 heteroatoms. The maximum Gasteiger partial charge on any atom is 0.317 e. The molecular formula is C21H30N4O4. The molecule has 1 aromatic rings. The van der Waals surface area contributed by atoms with Crippen molar-refractivity contribution in [2.24, 2.45) is 0 Å². The highest BCUT2D eigenvalue weighted by Gasteiger charge is 2.52. The van der Waals surface area contributed by atoms with E-state index in [-0.39, 0.29) is 29.6 Å². The van der Waals surface area contributed by atoms with Gasteiger partial charge in [0, 0.05) is 31.4 Å². The Labute approximate surface area is 171 Å². The van der Waals surface area contributed by atoms with Gasteiger partial charge in [-0.05, 0) is 51.7 Å². The molecule has 1 unspecified atom stereocenters. The van der Waals surface area contributed by atoms with Gasteiger partial charge in [-0.2, -0.15) is 0 Å². The third-order valence-corrected chi connectivity index (χ3v) is 6.22. The molecule has 4 heterocycles. The Morgan fingerprint density at radius 2 is 2.07 bits per heavy atom. The Morgan fingerprint density at radius 1 is 1.31 bits per heavy atom. The molecule has 29 heavy (non-hydrogen) atoms. The zero-order chi connectivity index (χ0) is 20.4. The molecular weight excluding hydrogens is 372 g/mol. The van der Waals surface area contributed by atoms with E-state index >= 15 is 0 Å². The second kappa shape index (κ2) is 8.18. The second-order valence-corrected chi connectivity index (χ2v) is 8.08. The van der Waals surface area contributed by atoms with Crippen molar-refractivity contribution in [3.05, 3.63) is 23.9 Å². The summed E-state index contributed by atoms with van der Waals surface area (Å²) < 4.78 is 11.8. The molecule has 2 bridgehead atoms. The number of fused-ring (bicyclic) bond motifs is 2. The highest BCUT2D eigenvalue weighted by atomic mass is 16.5. The van der Waals surface area contributed by atoms with E-state index < -0.39 is 0 Å². The zero-order valence-electron chi connectivity index (χ0n) is 17.2. The molecule has 1 aromatic heterocycles. The third-order valence-electron chi connectivity index (χ3n) is 6.22. The number of carbonyl (C=O) groups is 2. The van der Waals surface area contributed by atoms with Crippen LogP contribution in [0.4, 0.5) is 4.79 Å². The van der Waals surface area contributed by atoms with Crippen molar-refractivity contribution < 1.29 is 19.1 Å². The molecule has 4 rings (SSSR count). The monoisotopic (exact) mass is 402 g/mol. The molecule has 1 spiro atoms. The molecule has 3 saturated heterocycles. The summed E-state index contributed by atoms with van der Waals surface area (Å²) in [5.74, 6) is 0.314. The van der Waals surface area contributed by atoms with E-state index in [2.05, 4.69) is 10.3 Å². The van der Waals surface area contributed by atoms with Crippen molar-refractivity contribution in [2.45, 2.75) is 57.2 Å². The SMILES string of the molecule is CCNC(=O)N1[C@@H]2CC[C@H]1CC1(C2)CN(C(=O)c2cccnc2OCC)CCO1. The van der Waals surface area contributed by atoms with E-state index in [9.17, 15) is 9.59 Å². The molecule has 3 fully saturated rings. The lowest BCUT2D eigenvalue weighted by Gasteiger charge is -2.50. The fourth-order valence-corrected chi connectivity index (χ4v) is 5.12. The largest absolute Gasteiger partial charge is 0.477 e. The zero-order valence-corrected chi connectivity index (χ0v) is 17.2. The highest BCUT2D eigenvalue weighted by Crippen LogP contribution is 2.44. The number of rotatable bonds is 4. The van der Waals surface area contributed by atoms with Crippen LogP contribution in [0, 0.1) is 0 Å². The molecule has 3 aliphatic heterocycles. The van der Waals surface area contributed by atoms with Crippen LogP contribution in [0.25, 0.3) is 0 Å². The summed E-state index contributed by atoms with van der Waals surface area (Å²) in [6.07, 6.45) is 5.18. The Morgan fingerprint density at radius 3 is 2.76 bits per heavy atom. The van der Waals surface area contributed by atoms with Crippen molar-refractivity contribution >= 4 is 11.9 Å². The van der Waals surface area contributed by atoms with Crippen LogP contribution >= 0.6 is 0 Å². The predicted molar refractivity (Wildman–Crippen MR) is 107 cm³/mol. The number of pyridine rings is 1. The maximum atomic E-state index is 13.2. The minimum atomic E-state index is -0.378. The molecule has 8 nitrogen and oxygen atoms in total. The minimum absolute atomic E-state index is 0.0234. The van der Waals surface area contributed by atoms with Crippen molar-refractivity contribution in [2.75, 3.05) is 32.8 Å². The fraction of sp³-hybridized carbons (Fsp3) is 0.667. The summed E-state index contributed by atoms with van der Waals surface area (Å²) in [4.78, 5) is 33.8. The minimum Gasteiger partial charge on any atom is -0.477 e. The van der Waals surface area contributed by atoms with Crippen LogP contribution in [-0.2, 0) is 4.74 Å². The van der Waals surface area contributed by atoms with Crippen molar-refractivity contribution in [3.8, 4) is 5.88 Å². The van der Waals surface area contributed by atoms with Crippen LogP contribution in [0.1, 0.15) is 49.9 Å². The average Bonchev–Trinajstić information content (AvgIpc) is 3.01. The van der Waals surface area contributed by atoms with Crippen molar-refractivity contribution in [3.63, 3.8) is 0 Å². The topological polar surface area (TPSA) is 84.0 Å². The normalized spacial score (nSPS) is 28.5. The van der Waals surface area contributed by atoms with Gasteiger partial charge in [-0.25, -0.2) is 9.78 Å². The van der Waals surface area contributed by atoms with Gasteiger partial charge in [0.25, 0.3) is 5.91 Å². The lowest BCUT2D eigenvalue weighted by Crippen LogP contribution is -2.62. The third kappa shape index (κ3) is 3.77. The molecule has 158 valence electrons. The van der Waals surface area contributed by atoms with Gasteiger partial charge in [0.2, 0.25) is 5.88 Å². The first-order valence-corrected chi connectivity index (χ1v) is 10.6. The number of nitrogens with one attached hydrogen (secondary N) is 1. The number of hydrogen-bond donors (Lipinski definition) is 1. The number of morpholine rings is 1. The molecule has 3 aliphatic rings. The standard InChI is InChI=1S/C21H30N4O4/c1-3-22-20(27)25-15-7-8-16(25)13-21(12-15)14-24(10-11-29-21)19(26)17-6-5-9-23-18(17)28-4-2/h5-6,9,15-16H,3-4,7-8,10-14H2,1-2H3,(H,22,27)/t15-,16+,21?. The number of ether oxygens (including phenoxy) is 2. The van der Waals surface area contributed by atoms with Gasteiger partial charge in [0.1, 0.15) is 5.56 Å². The lowest BCUT2D eigenvalue weighted by molar-refractivity contribution is -0.136. The van der Waals surface area contributed by atoms with Crippen LogP contribution in [0.15, 0.2) is 18.3 Å². The van der Waals surface area contributed by atoms with Crippen LogP contribution < -0.4 is 10.1 Å². The smallest absolute Gasteiger partial charge is 0.317 e. The lowest BCUT2D eigenvalue weighted by atomic mass is 9.84. The van der Waals surface area contributed by atoms with Crippen LogP contribution in [0.2, 0.25) is 0 Å². The molecule has 0 aliphatic carbocycles. The second-order valence-electron chi connectivity index (χ2n) is 8.08. The van der Waals surface area contributed by atoms with Gasteiger partial charge < -0.3 is 24.6 Å². The van der Waals surface area contributed by atoms with Crippen LogP contribution in [0.3, 0.4) is 0 Å². The summed E-state index contributed by atoms with van der Waals surface area (Å²) in [5, 5.41) is 2.93. The number of hydrogen-bond acceptors (Lipinski definition) is 5. The Bertz CT molecular complexity index is 757. The first-order chi connectivity index (χ1) is 14.1.